The highest BCUT2D eigenvalue weighted by Gasteiger charge is 2.28. The first-order valence-corrected chi connectivity index (χ1v) is 8.14. The van der Waals surface area contributed by atoms with E-state index in [1.54, 1.807) is 6.07 Å². The molecular weight excluding hydrogens is 306 g/mol. The number of hydrogen-bond donors (Lipinski definition) is 1. The van der Waals surface area contributed by atoms with Crippen LogP contribution in [0.3, 0.4) is 0 Å². The maximum absolute atomic E-state index is 12.3. The lowest BCUT2D eigenvalue weighted by Crippen LogP contribution is -2.47. The lowest BCUT2D eigenvalue weighted by Gasteiger charge is -2.28. The summed E-state index contributed by atoms with van der Waals surface area (Å²) in [7, 11) is 0. The van der Waals surface area contributed by atoms with E-state index in [0.717, 1.165) is 6.42 Å². The summed E-state index contributed by atoms with van der Waals surface area (Å²) in [6, 6.07) is 15.6. The number of amides is 1. The first-order valence-electron chi connectivity index (χ1n) is 8.14. The fourth-order valence-corrected chi connectivity index (χ4v) is 3.02. The zero-order valence-corrected chi connectivity index (χ0v) is 13.2. The minimum Gasteiger partial charge on any atom is -0.485 e. The summed E-state index contributed by atoms with van der Waals surface area (Å²) in [5.41, 5.74) is 2.51. The van der Waals surface area contributed by atoms with Gasteiger partial charge in [-0.25, -0.2) is 0 Å². The predicted octanol–water partition coefficient (Wildman–Crippen LogP) is 2.08. The number of hydrogen-bond acceptors (Lipinski definition) is 4. The van der Waals surface area contributed by atoms with Gasteiger partial charge in [0, 0.05) is 13.0 Å². The lowest BCUT2D eigenvalue weighted by molar-refractivity contribution is -0.131. The molecule has 4 rings (SSSR count). The van der Waals surface area contributed by atoms with Crippen molar-refractivity contribution < 1.29 is 19.0 Å². The number of ether oxygens (including phenoxy) is 3. The molecule has 24 heavy (non-hydrogen) atoms. The van der Waals surface area contributed by atoms with Gasteiger partial charge in [0.15, 0.2) is 11.5 Å². The predicted molar refractivity (Wildman–Crippen MR) is 88.1 cm³/mol. The van der Waals surface area contributed by atoms with Crippen LogP contribution in [0.15, 0.2) is 48.5 Å². The van der Waals surface area contributed by atoms with Crippen molar-refractivity contribution in [3.8, 4) is 11.5 Å². The molecule has 2 aliphatic heterocycles. The van der Waals surface area contributed by atoms with Crippen LogP contribution in [0.1, 0.15) is 11.1 Å². The highest BCUT2D eigenvalue weighted by atomic mass is 16.6. The van der Waals surface area contributed by atoms with E-state index in [4.69, 9.17) is 14.2 Å². The second-order valence-electron chi connectivity index (χ2n) is 6.02. The average molecular weight is 325 g/mol. The molecule has 0 aliphatic carbocycles. The van der Waals surface area contributed by atoms with E-state index in [1.165, 1.54) is 11.1 Å². The smallest absolute Gasteiger partial charge is 0.264 e. The molecule has 1 amide bonds. The van der Waals surface area contributed by atoms with E-state index in [9.17, 15) is 4.79 Å². The van der Waals surface area contributed by atoms with E-state index in [0.29, 0.717) is 24.7 Å². The first kappa shape index (κ1) is 15.0. The molecule has 0 fully saturated rings. The van der Waals surface area contributed by atoms with E-state index in [1.807, 2.05) is 30.3 Å². The average Bonchev–Trinajstić information content (AvgIpc) is 2.65. The van der Waals surface area contributed by atoms with Crippen LogP contribution in [0.5, 0.6) is 11.5 Å². The zero-order valence-electron chi connectivity index (χ0n) is 13.2. The number of carbonyl (C=O) groups excluding carboxylic acids is 1. The van der Waals surface area contributed by atoms with Crippen molar-refractivity contribution in [2.45, 2.75) is 25.2 Å². The van der Waals surface area contributed by atoms with Gasteiger partial charge in [-0.05, 0) is 23.3 Å². The fourth-order valence-electron chi connectivity index (χ4n) is 3.02. The second-order valence-corrected chi connectivity index (χ2v) is 6.02. The molecule has 2 atom stereocenters. The van der Waals surface area contributed by atoms with Gasteiger partial charge in [0.1, 0.15) is 6.61 Å². The lowest BCUT2D eigenvalue weighted by atomic mass is 9.99. The van der Waals surface area contributed by atoms with Crippen LogP contribution < -0.4 is 14.8 Å². The normalized spacial score (nSPS) is 21.7. The van der Waals surface area contributed by atoms with Crippen molar-refractivity contribution in [1.29, 1.82) is 0 Å². The molecule has 0 spiro atoms. The van der Waals surface area contributed by atoms with Gasteiger partial charge >= 0.3 is 0 Å². The summed E-state index contributed by atoms with van der Waals surface area (Å²) in [5, 5.41) is 2.91. The van der Waals surface area contributed by atoms with E-state index in [-0.39, 0.29) is 18.6 Å². The molecule has 0 radical (unpaired) electrons. The number of carbonyl (C=O) groups is 1. The molecule has 2 aliphatic rings. The first-order chi connectivity index (χ1) is 11.8. The Morgan fingerprint density at radius 3 is 2.67 bits per heavy atom. The van der Waals surface area contributed by atoms with Gasteiger partial charge in [0.2, 0.25) is 6.10 Å². The summed E-state index contributed by atoms with van der Waals surface area (Å²) in [6.07, 6.45) is 0.165. The van der Waals surface area contributed by atoms with Crippen molar-refractivity contribution in [3.05, 3.63) is 59.7 Å². The minimum atomic E-state index is -0.629. The van der Waals surface area contributed by atoms with E-state index >= 15 is 0 Å². The van der Waals surface area contributed by atoms with Crippen molar-refractivity contribution >= 4 is 5.91 Å². The molecule has 0 saturated carbocycles. The summed E-state index contributed by atoms with van der Waals surface area (Å²) in [4.78, 5) is 12.3. The highest BCUT2D eigenvalue weighted by molar-refractivity contribution is 5.81. The molecule has 124 valence electrons. The highest BCUT2D eigenvalue weighted by Crippen LogP contribution is 2.30. The number of benzene rings is 2. The van der Waals surface area contributed by atoms with Crippen molar-refractivity contribution in [2.24, 2.45) is 0 Å². The van der Waals surface area contributed by atoms with Crippen LogP contribution in [-0.4, -0.2) is 31.3 Å². The molecule has 2 aromatic carbocycles. The van der Waals surface area contributed by atoms with Gasteiger partial charge in [0.05, 0.1) is 12.7 Å². The number of fused-ring (bicyclic) bond motifs is 2. The molecule has 2 heterocycles. The summed E-state index contributed by atoms with van der Waals surface area (Å²) < 4.78 is 17.1. The SMILES string of the molecule is O=C(NC[C@@H]1Cc2ccccc2CO1)[C@@H]1COc2ccccc2O1. The molecular formula is C19H19NO4. The quantitative estimate of drug-likeness (QED) is 0.939. The Bertz CT molecular complexity index is 746. The van der Waals surface area contributed by atoms with E-state index in [2.05, 4.69) is 17.4 Å². The van der Waals surface area contributed by atoms with Gasteiger partial charge in [-0.1, -0.05) is 36.4 Å². The van der Waals surface area contributed by atoms with Crippen LogP contribution in [-0.2, 0) is 22.6 Å². The van der Waals surface area contributed by atoms with Gasteiger partial charge < -0.3 is 19.5 Å². The Morgan fingerprint density at radius 2 is 1.79 bits per heavy atom. The topological polar surface area (TPSA) is 56.8 Å². The van der Waals surface area contributed by atoms with Crippen LogP contribution in [0.25, 0.3) is 0 Å². The molecule has 0 unspecified atom stereocenters. The maximum Gasteiger partial charge on any atom is 0.264 e. The van der Waals surface area contributed by atoms with Crippen molar-refractivity contribution in [2.75, 3.05) is 13.2 Å². The van der Waals surface area contributed by atoms with Crippen LogP contribution in [0, 0.1) is 0 Å². The molecule has 0 bridgehead atoms. The Morgan fingerprint density at radius 1 is 1.04 bits per heavy atom. The summed E-state index contributed by atoms with van der Waals surface area (Å²) in [5.74, 6) is 1.10. The van der Waals surface area contributed by atoms with E-state index < -0.39 is 6.10 Å². The monoisotopic (exact) mass is 325 g/mol. The van der Waals surface area contributed by atoms with Crippen LogP contribution >= 0.6 is 0 Å². The second kappa shape index (κ2) is 6.53. The van der Waals surface area contributed by atoms with Crippen LogP contribution in [0.2, 0.25) is 0 Å². The summed E-state index contributed by atoms with van der Waals surface area (Å²) in [6.45, 7) is 1.28. The molecule has 5 heteroatoms. The zero-order chi connectivity index (χ0) is 16.4. The van der Waals surface area contributed by atoms with Crippen molar-refractivity contribution in [3.63, 3.8) is 0 Å². The number of para-hydroxylation sites is 2. The Hall–Kier alpha value is -2.53. The fraction of sp³-hybridized carbons (Fsp3) is 0.316. The van der Waals surface area contributed by atoms with Gasteiger partial charge in [-0.2, -0.15) is 0 Å². The Kier molecular flexibility index (Phi) is 4.09. The van der Waals surface area contributed by atoms with Gasteiger partial charge in [-0.15, -0.1) is 0 Å². The number of nitrogens with one attached hydrogen (secondary N) is 1. The Balaban J connectivity index is 1.32. The Labute approximate surface area is 140 Å². The summed E-state index contributed by atoms with van der Waals surface area (Å²) >= 11 is 0. The molecule has 0 saturated heterocycles. The molecule has 1 N–H and O–H groups in total. The van der Waals surface area contributed by atoms with Gasteiger partial charge in [-0.3, -0.25) is 4.79 Å². The molecule has 5 nitrogen and oxygen atoms in total. The maximum atomic E-state index is 12.3. The minimum absolute atomic E-state index is 0.0133. The number of rotatable bonds is 3. The third kappa shape index (κ3) is 3.08. The molecule has 0 aromatic heterocycles. The van der Waals surface area contributed by atoms with Crippen LogP contribution in [0.4, 0.5) is 0 Å². The third-order valence-electron chi connectivity index (χ3n) is 4.35. The standard InChI is InChI=1S/C19H19NO4/c21-19(18-12-23-16-7-3-4-8-17(16)24-18)20-10-15-9-13-5-1-2-6-14(13)11-22-15/h1-8,15,18H,9-12H2,(H,20,21)/t15-,18-/m0/s1. The third-order valence-corrected chi connectivity index (χ3v) is 4.35. The van der Waals surface area contributed by atoms with Crippen molar-refractivity contribution in [1.82, 2.24) is 5.32 Å². The largest absolute Gasteiger partial charge is 0.485 e. The molecule has 2 aromatic rings. The van der Waals surface area contributed by atoms with Gasteiger partial charge in [0.25, 0.3) is 5.91 Å².